The van der Waals surface area contributed by atoms with Crippen molar-refractivity contribution in [3.05, 3.63) is 40.7 Å². The van der Waals surface area contributed by atoms with Gasteiger partial charge in [-0.1, -0.05) is 43.3 Å². The summed E-state index contributed by atoms with van der Waals surface area (Å²) in [5, 5.41) is 4.15. The quantitative estimate of drug-likeness (QED) is 0.738. The Labute approximate surface area is 153 Å². The van der Waals surface area contributed by atoms with Gasteiger partial charge >= 0.3 is 0 Å². The van der Waals surface area contributed by atoms with Crippen LogP contribution in [0.25, 0.3) is 0 Å². The molecule has 0 saturated heterocycles. The summed E-state index contributed by atoms with van der Waals surface area (Å²) in [6.07, 6.45) is 0. The molecule has 24 heavy (non-hydrogen) atoms. The first-order valence-electron chi connectivity index (χ1n) is 8.04. The van der Waals surface area contributed by atoms with Gasteiger partial charge in [0.1, 0.15) is 0 Å². The van der Waals surface area contributed by atoms with Crippen LogP contribution in [-0.2, 0) is 11.3 Å². The van der Waals surface area contributed by atoms with Crippen LogP contribution in [0, 0.1) is 19.8 Å². The zero-order chi connectivity index (χ0) is 17.9. The predicted octanol–water partition coefficient (Wildman–Crippen LogP) is 4.93. The Hall–Kier alpha value is -1.46. The maximum atomic E-state index is 12.4. The minimum atomic E-state index is -0.254. The third-order valence-corrected chi connectivity index (χ3v) is 5.04. The number of nitrogens with one attached hydrogen (secondary N) is 1. The van der Waals surface area contributed by atoms with Gasteiger partial charge in [-0.3, -0.25) is 4.79 Å². The van der Waals surface area contributed by atoms with Crippen molar-refractivity contribution in [1.29, 1.82) is 0 Å². The highest BCUT2D eigenvalue weighted by molar-refractivity contribution is 8.00. The maximum Gasteiger partial charge on any atom is 0.237 e. The predicted molar refractivity (Wildman–Crippen MR) is 102 cm³/mol. The third kappa shape index (κ3) is 4.77. The molecule has 0 bridgehead atoms. The monoisotopic (exact) mass is 365 g/mol. The molecule has 130 valence electrons. The molecule has 6 heteroatoms. The summed E-state index contributed by atoms with van der Waals surface area (Å²) >= 11 is 7.44. The van der Waals surface area contributed by atoms with E-state index in [2.05, 4.69) is 35.6 Å². The van der Waals surface area contributed by atoms with Gasteiger partial charge in [0.2, 0.25) is 5.91 Å². The molecule has 2 rings (SSSR count). The third-order valence-electron chi connectivity index (χ3n) is 3.71. The van der Waals surface area contributed by atoms with E-state index in [1.165, 1.54) is 11.8 Å². The summed E-state index contributed by atoms with van der Waals surface area (Å²) in [6.45, 7) is 11.2. The minimum Gasteiger partial charge on any atom is -0.325 e. The SMILES string of the molecule is Cc1nc(SC(C)C(=O)Nc2cccc(Cl)c2)n(CC(C)C)c1C. The van der Waals surface area contributed by atoms with E-state index in [9.17, 15) is 4.79 Å². The molecule has 1 heterocycles. The lowest BCUT2D eigenvalue weighted by molar-refractivity contribution is -0.115. The van der Waals surface area contributed by atoms with E-state index in [0.717, 1.165) is 23.1 Å². The lowest BCUT2D eigenvalue weighted by Gasteiger charge is -2.15. The Balaban J connectivity index is 2.10. The molecule has 0 spiro atoms. The second-order valence-electron chi connectivity index (χ2n) is 6.33. The Morgan fingerprint density at radius 3 is 2.67 bits per heavy atom. The summed E-state index contributed by atoms with van der Waals surface area (Å²) in [7, 11) is 0. The minimum absolute atomic E-state index is 0.0586. The number of hydrogen-bond donors (Lipinski definition) is 1. The molecule has 0 fully saturated rings. The number of rotatable bonds is 6. The molecule has 1 aromatic heterocycles. The Morgan fingerprint density at radius 1 is 1.33 bits per heavy atom. The first-order valence-corrected chi connectivity index (χ1v) is 9.30. The van der Waals surface area contributed by atoms with Crippen molar-refractivity contribution in [2.24, 2.45) is 5.92 Å². The average Bonchev–Trinajstić information content (AvgIpc) is 2.74. The summed E-state index contributed by atoms with van der Waals surface area (Å²) in [6, 6.07) is 7.17. The van der Waals surface area contributed by atoms with E-state index in [0.29, 0.717) is 16.6 Å². The van der Waals surface area contributed by atoms with Gasteiger partial charge in [0, 0.05) is 22.9 Å². The Kier molecular flexibility index (Phi) is 6.35. The highest BCUT2D eigenvalue weighted by Crippen LogP contribution is 2.27. The highest BCUT2D eigenvalue weighted by atomic mass is 35.5. The van der Waals surface area contributed by atoms with Crippen LogP contribution in [0.3, 0.4) is 0 Å². The van der Waals surface area contributed by atoms with Crippen LogP contribution in [0.5, 0.6) is 0 Å². The zero-order valence-electron chi connectivity index (χ0n) is 14.8. The van der Waals surface area contributed by atoms with Gasteiger partial charge in [0.25, 0.3) is 0 Å². The molecule has 4 nitrogen and oxygen atoms in total. The number of carbonyl (C=O) groups excluding carboxylic acids is 1. The number of aromatic nitrogens is 2. The molecule has 2 aromatic rings. The first kappa shape index (κ1) is 18.9. The van der Waals surface area contributed by atoms with Crippen molar-refractivity contribution in [1.82, 2.24) is 9.55 Å². The normalized spacial score (nSPS) is 12.5. The van der Waals surface area contributed by atoms with Crippen LogP contribution >= 0.6 is 23.4 Å². The molecule has 0 aliphatic heterocycles. The fourth-order valence-corrected chi connectivity index (χ4v) is 3.52. The number of anilines is 1. The van der Waals surface area contributed by atoms with Crippen LogP contribution in [-0.4, -0.2) is 20.7 Å². The van der Waals surface area contributed by atoms with Crippen molar-refractivity contribution >= 4 is 35.0 Å². The summed E-state index contributed by atoms with van der Waals surface area (Å²) < 4.78 is 2.20. The van der Waals surface area contributed by atoms with Gasteiger partial charge in [0.15, 0.2) is 5.16 Å². The van der Waals surface area contributed by atoms with Crippen molar-refractivity contribution in [3.63, 3.8) is 0 Å². The molecule has 0 saturated carbocycles. The summed E-state index contributed by atoms with van der Waals surface area (Å²) in [4.78, 5) is 17.1. The van der Waals surface area contributed by atoms with Crippen LogP contribution in [0.1, 0.15) is 32.2 Å². The van der Waals surface area contributed by atoms with Crippen molar-refractivity contribution < 1.29 is 4.79 Å². The van der Waals surface area contributed by atoms with E-state index in [1.807, 2.05) is 26.0 Å². The second kappa shape index (κ2) is 8.08. The van der Waals surface area contributed by atoms with E-state index < -0.39 is 0 Å². The molecule has 1 N–H and O–H groups in total. The van der Waals surface area contributed by atoms with Gasteiger partial charge in [-0.15, -0.1) is 0 Å². The molecule has 0 radical (unpaired) electrons. The highest BCUT2D eigenvalue weighted by Gasteiger charge is 2.20. The van der Waals surface area contributed by atoms with E-state index >= 15 is 0 Å². The second-order valence-corrected chi connectivity index (χ2v) is 8.07. The van der Waals surface area contributed by atoms with Crippen LogP contribution in [0.2, 0.25) is 5.02 Å². The number of thioether (sulfide) groups is 1. The molecule has 1 unspecified atom stereocenters. The summed E-state index contributed by atoms with van der Waals surface area (Å²) in [5.41, 5.74) is 2.88. The van der Waals surface area contributed by atoms with Gasteiger partial charge in [0.05, 0.1) is 10.9 Å². The molecule has 1 aromatic carbocycles. The Morgan fingerprint density at radius 2 is 2.04 bits per heavy atom. The zero-order valence-corrected chi connectivity index (χ0v) is 16.3. The molecular weight excluding hydrogens is 342 g/mol. The fraction of sp³-hybridized carbons (Fsp3) is 0.444. The number of amides is 1. The van der Waals surface area contributed by atoms with Crippen LogP contribution in [0.4, 0.5) is 5.69 Å². The smallest absolute Gasteiger partial charge is 0.237 e. The standard InChI is InChI=1S/C18H24ClN3OS/c1-11(2)10-22-13(4)12(3)20-18(22)24-14(5)17(23)21-16-8-6-7-15(19)9-16/h6-9,11,14H,10H2,1-5H3,(H,21,23). The molecule has 1 atom stereocenters. The maximum absolute atomic E-state index is 12.4. The van der Waals surface area contributed by atoms with E-state index in [-0.39, 0.29) is 11.2 Å². The van der Waals surface area contributed by atoms with E-state index in [4.69, 9.17) is 11.6 Å². The van der Waals surface area contributed by atoms with Crippen LogP contribution < -0.4 is 5.32 Å². The van der Waals surface area contributed by atoms with Gasteiger partial charge < -0.3 is 9.88 Å². The van der Waals surface area contributed by atoms with Crippen molar-refractivity contribution in [3.8, 4) is 0 Å². The average molecular weight is 366 g/mol. The number of nitrogens with zero attached hydrogens (tertiary/aromatic N) is 2. The number of benzene rings is 1. The fourth-order valence-electron chi connectivity index (χ4n) is 2.32. The van der Waals surface area contributed by atoms with Crippen LogP contribution in [0.15, 0.2) is 29.4 Å². The molecule has 0 aliphatic carbocycles. The lowest BCUT2D eigenvalue weighted by Crippen LogP contribution is -2.23. The number of halogens is 1. The summed E-state index contributed by atoms with van der Waals surface area (Å²) in [5.74, 6) is 0.462. The van der Waals surface area contributed by atoms with Gasteiger partial charge in [-0.05, 0) is 44.9 Å². The Bertz CT molecular complexity index is 727. The van der Waals surface area contributed by atoms with Crippen molar-refractivity contribution in [2.75, 3.05) is 5.32 Å². The number of carbonyl (C=O) groups is 1. The number of imidazole rings is 1. The van der Waals surface area contributed by atoms with Crippen molar-refractivity contribution in [2.45, 2.75) is 51.6 Å². The molecule has 0 aliphatic rings. The number of hydrogen-bond acceptors (Lipinski definition) is 3. The number of aryl methyl sites for hydroxylation is 1. The largest absolute Gasteiger partial charge is 0.325 e. The van der Waals surface area contributed by atoms with E-state index in [1.54, 1.807) is 12.1 Å². The van der Waals surface area contributed by atoms with Gasteiger partial charge in [-0.25, -0.2) is 4.98 Å². The topological polar surface area (TPSA) is 46.9 Å². The van der Waals surface area contributed by atoms with Gasteiger partial charge in [-0.2, -0.15) is 0 Å². The lowest BCUT2D eigenvalue weighted by atomic mass is 10.2. The molecular formula is C18H24ClN3OS. The first-order chi connectivity index (χ1) is 11.3. The molecule has 1 amide bonds.